The van der Waals surface area contributed by atoms with Gasteiger partial charge >= 0.3 is 0 Å². The molecule has 1 N–H and O–H groups in total. The van der Waals surface area contributed by atoms with Crippen molar-refractivity contribution < 1.29 is 13.2 Å². The molecule has 0 spiro atoms. The Kier molecular flexibility index (Phi) is 6.04. The van der Waals surface area contributed by atoms with Crippen LogP contribution in [0.1, 0.15) is 26.2 Å². The van der Waals surface area contributed by atoms with E-state index in [0.717, 1.165) is 19.3 Å². The average Bonchev–Trinajstić information content (AvgIpc) is 2.56. The molecule has 128 valence electrons. The molecule has 0 amide bonds. The van der Waals surface area contributed by atoms with Gasteiger partial charge in [-0.15, -0.1) is 0 Å². The molecule has 0 radical (unpaired) electrons. The molecular formula is C16H19N3O3S2. The molecule has 1 aromatic rings. The Bertz CT molecular complexity index is 761. The average molecular weight is 365 g/mol. The number of Topliss-reactive ketones (excluding diaryl/α,β-unsaturated/α-hetero) is 1. The van der Waals surface area contributed by atoms with Gasteiger partial charge in [0.15, 0.2) is 11.7 Å². The molecule has 24 heavy (non-hydrogen) atoms. The normalized spacial score (nSPS) is 16.8. The van der Waals surface area contributed by atoms with Crippen LogP contribution in [-0.2, 0) is 14.8 Å². The second-order valence-corrected chi connectivity index (χ2v) is 8.03. The van der Waals surface area contributed by atoms with Crippen molar-refractivity contribution in [1.29, 1.82) is 5.26 Å². The van der Waals surface area contributed by atoms with Crippen molar-refractivity contribution in [2.45, 2.75) is 31.1 Å². The lowest BCUT2D eigenvalue weighted by Gasteiger charge is -2.25. The van der Waals surface area contributed by atoms with Crippen LogP contribution in [0.3, 0.4) is 0 Å². The van der Waals surface area contributed by atoms with E-state index in [9.17, 15) is 13.2 Å². The number of benzene rings is 1. The van der Waals surface area contributed by atoms with E-state index in [1.165, 1.54) is 23.4 Å². The number of nitrogens with one attached hydrogen (secondary N) is 1. The van der Waals surface area contributed by atoms with Crippen molar-refractivity contribution >= 4 is 38.7 Å². The summed E-state index contributed by atoms with van der Waals surface area (Å²) in [5.74, 6) is -1.34. The van der Waals surface area contributed by atoms with Crippen molar-refractivity contribution in [2.75, 3.05) is 18.4 Å². The fourth-order valence-corrected chi connectivity index (χ4v) is 4.37. The van der Waals surface area contributed by atoms with Crippen molar-refractivity contribution in [2.24, 2.45) is 5.92 Å². The summed E-state index contributed by atoms with van der Waals surface area (Å²) >= 11 is 5.06. The van der Waals surface area contributed by atoms with E-state index in [0.29, 0.717) is 18.8 Å². The molecular weight excluding hydrogens is 346 g/mol. The number of carbonyl (C=O) groups excluding carboxylic acids is 1. The zero-order valence-corrected chi connectivity index (χ0v) is 15.0. The van der Waals surface area contributed by atoms with Crippen molar-refractivity contribution in [3.63, 3.8) is 0 Å². The highest BCUT2D eigenvalue weighted by atomic mass is 32.2. The van der Waals surface area contributed by atoms with Gasteiger partial charge in [0.25, 0.3) is 0 Å². The Labute approximate surface area is 147 Å². The second-order valence-electron chi connectivity index (χ2n) is 5.65. The van der Waals surface area contributed by atoms with Gasteiger partial charge in [0.2, 0.25) is 10.0 Å². The molecule has 2 rings (SSSR count). The highest BCUT2D eigenvalue weighted by Gasteiger charge is 2.26. The lowest BCUT2D eigenvalue weighted by molar-refractivity contribution is -0.117. The van der Waals surface area contributed by atoms with Crippen LogP contribution in [0, 0.1) is 17.2 Å². The Morgan fingerprint density at radius 1 is 1.25 bits per heavy atom. The first-order valence-corrected chi connectivity index (χ1v) is 9.52. The Morgan fingerprint density at radius 3 is 2.33 bits per heavy atom. The first kappa shape index (κ1) is 18.5. The lowest BCUT2D eigenvalue weighted by atomic mass is 10.1. The molecule has 1 aliphatic heterocycles. The van der Waals surface area contributed by atoms with E-state index in [1.807, 2.05) is 6.07 Å². The first-order valence-electron chi connectivity index (χ1n) is 7.67. The molecule has 0 aromatic heterocycles. The van der Waals surface area contributed by atoms with Gasteiger partial charge in [-0.25, -0.2) is 8.42 Å². The fourth-order valence-electron chi connectivity index (χ4n) is 2.51. The maximum Gasteiger partial charge on any atom is 0.243 e. The van der Waals surface area contributed by atoms with Crippen LogP contribution in [-0.4, -0.2) is 36.6 Å². The van der Waals surface area contributed by atoms with Crippen LogP contribution in [0.15, 0.2) is 29.2 Å². The predicted octanol–water partition coefficient (Wildman–Crippen LogP) is 2.33. The van der Waals surface area contributed by atoms with Gasteiger partial charge in [-0.2, -0.15) is 9.57 Å². The van der Waals surface area contributed by atoms with Crippen LogP contribution in [0.5, 0.6) is 0 Å². The van der Waals surface area contributed by atoms with Crippen LogP contribution < -0.4 is 5.32 Å². The maximum atomic E-state index is 12.6. The Morgan fingerprint density at radius 2 is 1.83 bits per heavy atom. The van der Waals surface area contributed by atoms with E-state index in [2.05, 4.69) is 5.32 Å². The number of nitriles is 1. The standard InChI is InChI=1S/C16H19N3O3S2/c1-12(20)15(11-17)16(23)18-13-5-7-14(8-6-13)24(21,22)19-9-3-2-4-10-19/h5-8,15H,2-4,9-10H2,1H3,(H,18,23). The van der Waals surface area contributed by atoms with Crippen LogP contribution >= 0.6 is 12.2 Å². The lowest BCUT2D eigenvalue weighted by Crippen LogP contribution is -2.35. The number of sulfonamides is 1. The summed E-state index contributed by atoms with van der Waals surface area (Å²) in [5, 5.41) is 11.8. The summed E-state index contributed by atoms with van der Waals surface area (Å²) in [6.07, 6.45) is 2.82. The van der Waals surface area contributed by atoms with Crippen LogP contribution in [0.25, 0.3) is 0 Å². The van der Waals surface area contributed by atoms with Gasteiger partial charge in [-0.3, -0.25) is 4.79 Å². The number of nitrogens with zero attached hydrogens (tertiary/aromatic N) is 2. The van der Waals surface area contributed by atoms with Crippen LogP contribution in [0.2, 0.25) is 0 Å². The molecule has 1 fully saturated rings. The molecule has 0 saturated carbocycles. The highest BCUT2D eigenvalue weighted by molar-refractivity contribution is 7.89. The molecule has 1 aromatic carbocycles. The quantitative estimate of drug-likeness (QED) is 0.806. The molecule has 1 heterocycles. The zero-order valence-electron chi connectivity index (χ0n) is 13.4. The number of carbonyl (C=O) groups is 1. The summed E-state index contributed by atoms with van der Waals surface area (Å²) in [6.45, 7) is 2.40. The highest BCUT2D eigenvalue weighted by Crippen LogP contribution is 2.22. The molecule has 0 aliphatic carbocycles. The zero-order chi connectivity index (χ0) is 17.7. The van der Waals surface area contributed by atoms with Gasteiger partial charge < -0.3 is 5.32 Å². The third-order valence-electron chi connectivity index (χ3n) is 3.87. The van der Waals surface area contributed by atoms with Gasteiger partial charge in [0.1, 0.15) is 4.99 Å². The molecule has 0 bridgehead atoms. The van der Waals surface area contributed by atoms with Gasteiger partial charge in [-0.1, -0.05) is 18.6 Å². The number of hydrogen-bond donors (Lipinski definition) is 1. The summed E-state index contributed by atoms with van der Waals surface area (Å²) in [6, 6.07) is 8.01. The number of hydrogen-bond acceptors (Lipinski definition) is 5. The largest absolute Gasteiger partial charge is 0.349 e. The Balaban J connectivity index is 2.12. The fraction of sp³-hybridized carbons (Fsp3) is 0.438. The smallest absolute Gasteiger partial charge is 0.243 e. The maximum absolute atomic E-state index is 12.6. The Hall–Kier alpha value is -1.82. The van der Waals surface area contributed by atoms with Crippen molar-refractivity contribution in [1.82, 2.24) is 4.31 Å². The second kappa shape index (κ2) is 7.83. The predicted molar refractivity (Wildman–Crippen MR) is 95.1 cm³/mol. The first-order chi connectivity index (χ1) is 11.4. The van der Waals surface area contributed by atoms with Crippen LogP contribution in [0.4, 0.5) is 5.69 Å². The van der Waals surface area contributed by atoms with Crippen molar-refractivity contribution in [3.8, 4) is 6.07 Å². The van der Waals surface area contributed by atoms with E-state index >= 15 is 0 Å². The summed E-state index contributed by atoms with van der Waals surface area (Å²) in [7, 11) is -3.48. The number of piperidine rings is 1. The number of thiocarbonyl (C=S) groups is 1. The third-order valence-corrected chi connectivity index (χ3v) is 6.12. The van der Waals surface area contributed by atoms with E-state index < -0.39 is 15.9 Å². The summed E-state index contributed by atoms with van der Waals surface area (Å²) in [5.41, 5.74) is 0.541. The molecule has 6 nitrogen and oxygen atoms in total. The SMILES string of the molecule is CC(=O)C(C#N)C(=S)Nc1ccc(S(=O)(=O)N2CCCCC2)cc1. The minimum atomic E-state index is -3.48. The molecule has 1 aliphatic rings. The summed E-state index contributed by atoms with van der Waals surface area (Å²) in [4.78, 5) is 11.7. The molecule has 1 unspecified atom stereocenters. The topological polar surface area (TPSA) is 90.3 Å². The van der Waals surface area contributed by atoms with E-state index in [4.69, 9.17) is 17.5 Å². The number of rotatable bonds is 5. The molecule has 1 saturated heterocycles. The van der Waals surface area contributed by atoms with Crippen molar-refractivity contribution in [3.05, 3.63) is 24.3 Å². The minimum absolute atomic E-state index is 0.108. The number of ketones is 1. The van der Waals surface area contributed by atoms with E-state index in [1.54, 1.807) is 12.1 Å². The minimum Gasteiger partial charge on any atom is -0.349 e. The summed E-state index contributed by atoms with van der Waals surface area (Å²) < 4.78 is 26.6. The molecule has 8 heteroatoms. The van der Waals surface area contributed by atoms with Gasteiger partial charge in [-0.05, 0) is 44.0 Å². The van der Waals surface area contributed by atoms with Gasteiger partial charge in [0.05, 0.1) is 11.0 Å². The number of anilines is 1. The molecule has 1 atom stereocenters. The van der Waals surface area contributed by atoms with E-state index in [-0.39, 0.29) is 15.7 Å². The van der Waals surface area contributed by atoms with Gasteiger partial charge in [0, 0.05) is 18.8 Å². The monoisotopic (exact) mass is 365 g/mol. The third kappa shape index (κ3) is 4.17.